The molecule has 1 saturated carbocycles. The Labute approximate surface area is 98.0 Å². The molecule has 0 aromatic heterocycles. The Hall–Kier alpha value is -0.750. The van der Waals surface area contributed by atoms with Gasteiger partial charge in [-0.15, -0.1) is 0 Å². The van der Waals surface area contributed by atoms with E-state index in [1.165, 1.54) is 0 Å². The summed E-state index contributed by atoms with van der Waals surface area (Å²) in [6.07, 6.45) is 0.701. The van der Waals surface area contributed by atoms with Crippen LogP contribution in [-0.4, -0.2) is 11.7 Å². The maximum absolute atomic E-state index is 9.14. The van der Waals surface area contributed by atoms with Crippen LogP contribution in [0.25, 0.3) is 0 Å². The highest BCUT2D eigenvalue weighted by Gasteiger charge is 2.55. The third-order valence-corrected chi connectivity index (χ3v) is 3.75. The van der Waals surface area contributed by atoms with E-state index in [4.69, 9.17) is 33.6 Å². The molecule has 4 heteroatoms. The first kappa shape index (κ1) is 10.8. The molecule has 0 radical (unpaired) electrons. The number of benzene rings is 1. The Morgan fingerprint density at radius 2 is 2.40 bits per heavy atom. The Kier molecular flexibility index (Phi) is 2.64. The van der Waals surface area contributed by atoms with Crippen LogP contribution in [0.1, 0.15) is 12.0 Å². The largest absolute Gasteiger partial charge is 0.396 e. The number of rotatable bonds is 2. The number of aliphatic hydroxyl groups excluding tert-OH is 1. The predicted molar refractivity (Wildman–Crippen MR) is 54.5 cm³/mol. The summed E-state index contributed by atoms with van der Waals surface area (Å²) in [6, 6.07) is 7.56. The van der Waals surface area contributed by atoms with E-state index in [0.29, 0.717) is 16.5 Å². The van der Waals surface area contributed by atoms with E-state index in [1.54, 1.807) is 12.1 Å². The number of nitriles is 1. The minimum atomic E-state index is -0.540. The Bertz CT molecular complexity index is 441. The second-order valence-corrected chi connectivity index (χ2v) is 4.66. The fraction of sp³-hybridized carbons (Fsp3) is 0.364. The van der Waals surface area contributed by atoms with Gasteiger partial charge in [0.15, 0.2) is 11.6 Å². The van der Waals surface area contributed by atoms with Crippen LogP contribution in [0.2, 0.25) is 10.0 Å². The highest BCUT2D eigenvalue weighted by atomic mass is 35.5. The molecular formula is C11H10Cl2NO+. The van der Waals surface area contributed by atoms with Crippen molar-refractivity contribution in [3.8, 4) is 6.07 Å². The molecule has 1 aliphatic rings. The van der Waals surface area contributed by atoms with Crippen LogP contribution in [0.3, 0.4) is 0 Å². The maximum atomic E-state index is 9.14. The maximum Gasteiger partial charge on any atom is 0.244 e. The fourth-order valence-corrected chi connectivity index (χ4v) is 2.19. The summed E-state index contributed by atoms with van der Waals surface area (Å²) in [5, 5.41) is 19.3. The zero-order valence-electron chi connectivity index (χ0n) is 7.90. The van der Waals surface area contributed by atoms with Gasteiger partial charge in [0.25, 0.3) is 0 Å². The van der Waals surface area contributed by atoms with Gasteiger partial charge in [0, 0.05) is 18.6 Å². The molecule has 2 rings (SSSR count). The third kappa shape index (κ3) is 1.61. The number of aliphatic hydroxyl groups is 1. The van der Waals surface area contributed by atoms with E-state index in [0.717, 1.165) is 5.56 Å². The van der Waals surface area contributed by atoms with Crippen LogP contribution in [0.5, 0.6) is 0 Å². The normalized spacial score (nSPS) is 28.5. The molecule has 0 heterocycles. The number of hydrogen-bond donors (Lipinski definition) is 1. The first-order chi connectivity index (χ1) is 7.14. The van der Waals surface area contributed by atoms with Gasteiger partial charge in [-0.25, -0.2) is 0 Å². The van der Waals surface area contributed by atoms with E-state index in [1.807, 2.05) is 6.07 Å². The van der Waals surface area contributed by atoms with Gasteiger partial charge in [0.1, 0.15) is 5.02 Å². The lowest BCUT2D eigenvalue weighted by atomic mass is 9.95. The standard InChI is InChI=1S/C11H10Cl2NO/c12-9-2-1-7(3-10(9)13)11(6-14)4-8(11)5-15/h1-3,8,12,15H,4-5H2/q+1/t8-,11+/m0/s1. The van der Waals surface area contributed by atoms with E-state index in [-0.39, 0.29) is 12.5 Å². The number of hydrogen-bond acceptors (Lipinski definition) is 2. The van der Waals surface area contributed by atoms with Gasteiger partial charge in [-0.2, -0.15) is 5.26 Å². The van der Waals surface area contributed by atoms with E-state index in [9.17, 15) is 0 Å². The van der Waals surface area contributed by atoms with E-state index in [2.05, 4.69) is 6.07 Å². The molecule has 1 aromatic rings. The van der Waals surface area contributed by atoms with Gasteiger partial charge in [-0.3, -0.25) is 0 Å². The topological polar surface area (TPSA) is 44.0 Å². The van der Waals surface area contributed by atoms with Gasteiger partial charge < -0.3 is 5.11 Å². The molecule has 0 bridgehead atoms. The van der Waals surface area contributed by atoms with Crippen molar-refractivity contribution >= 4 is 11.6 Å². The van der Waals surface area contributed by atoms with Crippen molar-refractivity contribution in [1.82, 2.24) is 0 Å². The number of nitrogens with zero attached hydrogens (tertiary/aromatic N) is 1. The molecule has 2 atom stereocenters. The summed E-state index contributed by atoms with van der Waals surface area (Å²) >= 11 is 10.9. The van der Waals surface area contributed by atoms with Crippen LogP contribution < -0.4 is 0 Å². The molecule has 1 aromatic carbocycles. The summed E-state index contributed by atoms with van der Waals surface area (Å²) in [7, 11) is 0. The van der Waals surface area contributed by atoms with Gasteiger partial charge >= 0.3 is 0 Å². The summed E-state index contributed by atoms with van der Waals surface area (Å²) in [4.78, 5) is 0. The molecule has 0 amide bonds. The highest BCUT2D eigenvalue weighted by Crippen LogP contribution is 2.53. The first-order valence-corrected chi connectivity index (χ1v) is 5.42. The van der Waals surface area contributed by atoms with Crippen LogP contribution in [0.4, 0.5) is 0 Å². The minimum absolute atomic E-state index is 0.0366. The lowest BCUT2D eigenvalue weighted by Gasteiger charge is -2.07. The zero-order valence-corrected chi connectivity index (χ0v) is 9.48. The lowest BCUT2D eigenvalue weighted by molar-refractivity contribution is -0.288. The van der Waals surface area contributed by atoms with Crippen molar-refractivity contribution in [3.63, 3.8) is 0 Å². The summed E-state index contributed by atoms with van der Waals surface area (Å²) in [6.45, 7) is 0.0425. The van der Waals surface area contributed by atoms with Crippen molar-refractivity contribution < 1.29 is 16.7 Å². The van der Waals surface area contributed by atoms with Crippen molar-refractivity contribution in [2.75, 3.05) is 6.61 Å². The van der Waals surface area contributed by atoms with Gasteiger partial charge in [-0.05, 0) is 18.1 Å². The van der Waals surface area contributed by atoms with Crippen molar-refractivity contribution in [2.45, 2.75) is 11.8 Å². The first-order valence-electron chi connectivity index (χ1n) is 4.63. The molecule has 15 heavy (non-hydrogen) atoms. The minimum Gasteiger partial charge on any atom is -0.396 e. The molecular weight excluding hydrogens is 233 g/mol. The van der Waals surface area contributed by atoms with Crippen LogP contribution >= 0.6 is 11.6 Å². The Morgan fingerprint density at radius 3 is 2.87 bits per heavy atom. The monoisotopic (exact) mass is 242 g/mol. The van der Waals surface area contributed by atoms with Crippen molar-refractivity contribution in [3.05, 3.63) is 33.8 Å². The fourth-order valence-electron chi connectivity index (χ4n) is 1.88. The summed E-state index contributed by atoms with van der Waals surface area (Å²) in [5.41, 5.74) is 0.323. The predicted octanol–water partition coefficient (Wildman–Crippen LogP) is 1.81. The molecule has 0 unspecified atom stereocenters. The highest BCUT2D eigenvalue weighted by molar-refractivity contribution is 6.31. The van der Waals surface area contributed by atoms with Gasteiger partial charge in [-0.1, -0.05) is 17.7 Å². The smallest absolute Gasteiger partial charge is 0.244 e. The second kappa shape index (κ2) is 3.68. The average molecular weight is 243 g/mol. The zero-order chi connectivity index (χ0) is 11.1. The van der Waals surface area contributed by atoms with E-state index >= 15 is 0 Å². The van der Waals surface area contributed by atoms with Crippen LogP contribution in [0.15, 0.2) is 18.2 Å². The third-order valence-electron chi connectivity index (χ3n) is 2.97. The number of halogens is 2. The van der Waals surface area contributed by atoms with Crippen molar-refractivity contribution in [1.29, 1.82) is 5.26 Å². The van der Waals surface area contributed by atoms with Crippen LogP contribution in [0, 0.1) is 28.8 Å². The quantitative estimate of drug-likeness (QED) is 0.860. The van der Waals surface area contributed by atoms with E-state index < -0.39 is 5.41 Å². The molecule has 0 spiro atoms. The van der Waals surface area contributed by atoms with Gasteiger partial charge in [0.05, 0.1) is 11.5 Å². The molecule has 0 saturated heterocycles. The summed E-state index contributed by atoms with van der Waals surface area (Å²) in [5.74, 6) is 0.0366. The second-order valence-electron chi connectivity index (χ2n) is 3.81. The lowest BCUT2D eigenvalue weighted by Crippen LogP contribution is -2.09. The molecule has 1 N–H and O–H groups in total. The molecule has 2 nitrogen and oxygen atoms in total. The van der Waals surface area contributed by atoms with Gasteiger partial charge in [0.2, 0.25) is 5.02 Å². The molecule has 78 valence electrons. The average Bonchev–Trinajstić information content (AvgIpc) is 2.97. The molecule has 0 aliphatic heterocycles. The SMILES string of the molecule is N#C[C@@]1(c2ccc([ClH+])c(Cl)c2)C[C@H]1CO. The Balaban J connectivity index is 2.39. The Morgan fingerprint density at radius 1 is 1.67 bits per heavy atom. The summed E-state index contributed by atoms with van der Waals surface area (Å²) < 4.78 is 0. The molecule has 1 aliphatic carbocycles. The van der Waals surface area contributed by atoms with Crippen LogP contribution in [-0.2, 0) is 5.41 Å². The van der Waals surface area contributed by atoms with Crippen molar-refractivity contribution in [2.24, 2.45) is 5.92 Å². The molecule has 1 fully saturated rings.